The summed E-state index contributed by atoms with van der Waals surface area (Å²) >= 11 is 6.13. The number of hydrogen-bond donors (Lipinski definition) is 2. The van der Waals surface area contributed by atoms with Crippen molar-refractivity contribution in [2.24, 2.45) is 0 Å². The van der Waals surface area contributed by atoms with Crippen molar-refractivity contribution in [3.05, 3.63) is 88.9 Å². The van der Waals surface area contributed by atoms with E-state index in [1.165, 1.54) is 16.7 Å². The van der Waals surface area contributed by atoms with E-state index in [2.05, 4.69) is 66.8 Å². The molecule has 3 rings (SSSR count). The zero-order valence-corrected chi connectivity index (χ0v) is 24.7. The van der Waals surface area contributed by atoms with Gasteiger partial charge in [0.15, 0.2) is 0 Å². The molecule has 1 amide bonds. The average Bonchev–Trinajstić information content (AvgIpc) is 2.95. The van der Waals surface area contributed by atoms with Gasteiger partial charge in [-0.25, -0.2) is 0 Å². The molecule has 6 nitrogen and oxygen atoms in total. The highest BCUT2D eigenvalue weighted by atomic mass is 35.5. The van der Waals surface area contributed by atoms with Crippen LogP contribution in [0.5, 0.6) is 5.75 Å². The van der Waals surface area contributed by atoms with E-state index in [1.54, 1.807) is 23.1 Å². The molecule has 3 aromatic rings. The zero-order chi connectivity index (χ0) is 29.2. The third-order valence-corrected chi connectivity index (χ3v) is 5.85. The summed E-state index contributed by atoms with van der Waals surface area (Å²) in [5, 5.41) is 21.4. The standard InChI is InChI=1S/C17H24ClN3O3.C13H12.C2H6/c1-4-21(7-8-22)14(10-19)11-20-17(23)13-5-6-16(15(18)9-13)24-12(2)3;1-11-7-9-13(10-8-11)12-5-3-2-4-6-12;1-2/h5-6,9,12,14,22H,4,7-8,11H2,1-3H3,(H,20,23);2-10H,1H3;1-2H3. The number of nitrogens with one attached hydrogen (secondary N) is 1. The molecule has 1 atom stereocenters. The van der Waals surface area contributed by atoms with Gasteiger partial charge in [-0.15, -0.1) is 0 Å². The third-order valence-electron chi connectivity index (χ3n) is 5.55. The maximum Gasteiger partial charge on any atom is 0.251 e. The number of aryl methyl sites for hydroxylation is 1. The van der Waals surface area contributed by atoms with E-state index in [0.29, 0.717) is 29.4 Å². The second kappa shape index (κ2) is 18.8. The van der Waals surface area contributed by atoms with Crippen LogP contribution in [0.3, 0.4) is 0 Å². The van der Waals surface area contributed by atoms with Gasteiger partial charge in [-0.3, -0.25) is 9.69 Å². The molecule has 0 bridgehead atoms. The summed E-state index contributed by atoms with van der Waals surface area (Å²) in [5.74, 6) is 0.214. The SMILES string of the molecule is CC.CCN(CCO)C(C#N)CNC(=O)c1ccc(OC(C)C)c(Cl)c1.Cc1ccc(-c2ccccc2)cc1. The van der Waals surface area contributed by atoms with Crippen molar-refractivity contribution in [1.29, 1.82) is 5.26 Å². The maximum atomic E-state index is 12.2. The first-order chi connectivity index (χ1) is 18.8. The van der Waals surface area contributed by atoms with Crippen molar-refractivity contribution in [3.63, 3.8) is 0 Å². The third kappa shape index (κ3) is 11.9. The molecule has 0 radical (unpaired) electrons. The topological polar surface area (TPSA) is 85.6 Å². The van der Waals surface area contributed by atoms with E-state index in [1.807, 2.05) is 40.7 Å². The Kier molecular flexibility index (Phi) is 16.2. The summed E-state index contributed by atoms with van der Waals surface area (Å²) < 4.78 is 5.53. The number of aliphatic hydroxyl groups excluding tert-OH is 1. The predicted octanol–water partition coefficient (Wildman–Crippen LogP) is 6.75. The number of carbonyl (C=O) groups is 1. The highest BCUT2D eigenvalue weighted by molar-refractivity contribution is 6.32. The van der Waals surface area contributed by atoms with Crippen molar-refractivity contribution >= 4 is 17.5 Å². The Hall–Kier alpha value is -3.37. The average molecular weight is 552 g/mol. The van der Waals surface area contributed by atoms with Crippen LogP contribution in [0.25, 0.3) is 11.1 Å². The van der Waals surface area contributed by atoms with Gasteiger partial charge < -0.3 is 15.2 Å². The van der Waals surface area contributed by atoms with E-state index in [0.717, 1.165) is 0 Å². The lowest BCUT2D eigenvalue weighted by atomic mass is 10.0. The first kappa shape index (κ1) is 33.7. The summed E-state index contributed by atoms with van der Waals surface area (Å²) in [7, 11) is 0. The Morgan fingerprint density at radius 3 is 2.18 bits per heavy atom. The molecule has 0 aliphatic carbocycles. The van der Waals surface area contributed by atoms with Crippen LogP contribution in [0.15, 0.2) is 72.8 Å². The lowest BCUT2D eigenvalue weighted by Gasteiger charge is -2.24. The van der Waals surface area contributed by atoms with Crippen LogP contribution < -0.4 is 10.1 Å². The van der Waals surface area contributed by atoms with Gasteiger partial charge in [0, 0.05) is 18.7 Å². The van der Waals surface area contributed by atoms with E-state index >= 15 is 0 Å². The van der Waals surface area contributed by atoms with Crippen LogP contribution in [0.4, 0.5) is 0 Å². The molecule has 0 aromatic heterocycles. The van der Waals surface area contributed by atoms with Gasteiger partial charge in [0.1, 0.15) is 11.8 Å². The summed E-state index contributed by atoms with van der Waals surface area (Å²) in [6.07, 6.45) is -0.00915. The molecule has 39 heavy (non-hydrogen) atoms. The number of nitriles is 1. The molecule has 0 fully saturated rings. The molecule has 1 unspecified atom stereocenters. The molecular formula is C32H42ClN3O3. The molecule has 0 saturated carbocycles. The number of aliphatic hydroxyl groups is 1. The van der Waals surface area contributed by atoms with Crippen LogP contribution >= 0.6 is 11.6 Å². The van der Waals surface area contributed by atoms with Gasteiger partial charge >= 0.3 is 0 Å². The van der Waals surface area contributed by atoms with E-state index < -0.39 is 6.04 Å². The number of rotatable bonds is 10. The molecule has 2 N–H and O–H groups in total. The fraction of sp³-hybridized carbons (Fsp3) is 0.375. The van der Waals surface area contributed by atoms with Crippen molar-refractivity contribution in [2.45, 2.75) is 53.7 Å². The lowest BCUT2D eigenvalue weighted by Crippen LogP contribution is -2.44. The quantitative estimate of drug-likeness (QED) is 0.291. The van der Waals surface area contributed by atoms with E-state index in [4.69, 9.17) is 21.4 Å². The summed E-state index contributed by atoms with van der Waals surface area (Å²) in [4.78, 5) is 14.0. The zero-order valence-electron chi connectivity index (χ0n) is 23.9. The summed E-state index contributed by atoms with van der Waals surface area (Å²) in [5.41, 5.74) is 4.27. The Balaban J connectivity index is 0.000000422. The second-order valence-electron chi connectivity index (χ2n) is 8.75. The molecule has 0 aliphatic rings. The molecule has 0 heterocycles. The molecule has 210 valence electrons. The number of carbonyl (C=O) groups excluding carboxylic acids is 1. The number of halogens is 1. The number of hydrogen-bond acceptors (Lipinski definition) is 5. The van der Waals surface area contributed by atoms with E-state index in [-0.39, 0.29) is 25.2 Å². The van der Waals surface area contributed by atoms with Gasteiger partial charge in [-0.1, -0.05) is 92.5 Å². The number of amides is 1. The number of likely N-dealkylation sites (N-methyl/N-ethyl adjacent to an activating group) is 1. The Morgan fingerprint density at radius 2 is 1.67 bits per heavy atom. The first-order valence-electron chi connectivity index (χ1n) is 13.4. The van der Waals surface area contributed by atoms with E-state index in [9.17, 15) is 10.1 Å². The molecule has 7 heteroatoms. The van der Waals surface area contributed by atoms with Crippen molar-refractivity contribution in [1.82, 2.24) is 10.2 Å². The number of nitrogens with zero attached hydrogens (tertiary/aromatic N) is 2. The molecule has 0 spiro atoms. The maximum absolute atomic E-state index is 12.2. The first-order valence-corrected chi connectivity index (χ1v) is 13.8. The van der Waals surface area contributed by atoms with Gasteiger partial charge in [-0.2, -0.15) is 5.26 Å². The van der Waals surface area contributed by atoms with Gasteiger partial charge in [0.2, 0.25) is 0 Å². The molecule has 3 aromatic carbocycles. The lowest BCUT2D eigenvalue weighted by molar-refractivity contribution is 0.0939. The normalized spacial score (nSPS) is 10.9. The van der Waals surface area contributed by atoms with Gasteiger partial charge in [-0.05, 0) is 56.6 Å². The Morgan fingerprint density at radius 1 is 1.05 bits per heavy atom. The smallest absolute Gasteiger partial charge is 0.251 e. The minimum atomic E-state index is -0.495. The molecular weight excluding hydrogens is 510 g/mol. The fourth-order valence-corrected chi connectivity index (χ4v) is 3.80. The largest absolute Gasteiger partial charge is 0.489 e. The van der Waals surface area contributed by atoms with Gasteiger partial charge in [0.25, 0.3) is 5.91 Å². The number of benzene rings is 3. The molecule has 0 aliphatic heterocycles. The summed E-state index contributed by atoms with van der Waals surface area (Å²) in [6, 6.07) is 25.5. The minimum Gasteiger partial charge on any atom is -0.489 e. The van der Waals surface area contributed by atoms with Crippen LogP contribution in [0.2, 0.25) is 5.02 Å². The highest BCUT2D eigenvalue weighted by Crippen LogP contribution is 2.26. The highest BCUT2D eigenvalue weighted by Gasteiger charge is 2.18. The van der Waals surface area contributed by atoms with Crippen LogP contribution in [-0.2, 0) is 0 Å². The molecule has 0 saturated heterocycles. The van der Waals surface area contributed by atoms with Crippen LogP contribution in [-0.4, -0.2) is 54.3 Å². The Labute approximate surface area is 239 Å². The van der Waals surface area contributed by atoms with Crippen LogP contribution in [0, 0.1) is 18.3 Å². The monoisotopic (exact) mass is 551 g/mol. The summed E-state index contributed by atoms with van der Waals surface area (Å²) in [6.45, 7) is 12.9. The van der Waals surface area contributed by atoms with Crippen molar-refractivity contribution < 1.29 is 14.6 Å². The van der Waals surface area contributed by atoms with Crippen LogP contribution in [0.1, 0.15) is 50.5 Å². The van der Waals surface area contributed by atoms with Gasteiger partial charge in [0.05, 0.1) is 23.8 Å². The fourth-order valence-electron chi connectivity index (χ4n) is 3.58. The Bertz CT molecular complexity index is 1150. The predicted molar refractivity (Wildman–Crippen MR) is 161 cm³/mol. The minimum absolute atomic E-state index is 0.00915. The van der Waals surface area contributed by atoms with Crippen molar-refractivity contribution in [3.8, 4) is 22.9 Å². The number of ether oxygens (including phenoxy) is 1. The van der Waals surface area contributed by atoms with Crippen molar-refractivity contribution in [2.75, 3.05) is 26.2 Å². The second-order valence-corrected chi connectivity index (χ2v) is 9.16.